The van der Waals surface area contributed by atoms with E-state index in [1.807, 2.05) is 0 Å². The van der Waals surface area contributed by atoms with Crippen LogP contribution in [0.4, 0.5) is 5.69 Å². The number of anilines is 1. The van der Waals surface area contributed by atoms with Crippen LogP contribution in [0.2, 0.25) is 0 Å². The molecule has 1 amide bonds. The molecule has 19 heavy (non-hydrogen) atoms. The van der Waals surface area contributed by atoms with E-state index in [1.165, 1.54) is 4.68 Å². The summed E-state index contributed by atoms with van der Waals surface area (Å²) in [6.07, 6.45) is 6.93. The molecule has 0 aliphatic heterocycles. The zero-order valence-electron chi connectivity index (χ0n) is 10.2. The van der Waals surface area contributed by atoms with Gasteiger partial charge in [-0.25, -0.2) is 4.68 Å². The molecular formula is C13H13N5O. The number of nitrogens with zero attached hydrogens (tertiary/aromatic N) is 3. The number of hydrogen-bond donors (Lipinski definition) is 2. The molecule has 0 spiro atoms. The summed E-state index contributed by atoms with van der Waals surface area (Å²) in [5.74, 6) is 2.30. The summed E-state index contributed by atoms with van der Waals surface area (Å²) in [6, 6.07) is 7.07. The molecule has 0 saturated heterocycles. The largest absolute Gasteiger partial charge is 0.325 e. The van der Waals surface area contributed by atoms with Crippen molar-refractivity contribution in [3.8, 4) is 12.3 Å². The Hall–Kier alpha value is -2.65. The highest BCUT2D eigenvalue weighted by Crippen LogP contribution is 2.09. The standard InChI is InChI=1S/C13H13N5O/c1-2-10-4-3-5-11(6-10)15-13(19)9-18-8-12(7-14)16-17-18/h1,3-6,8H,7,9,14H2,(H,15,19). The van der Waals surface area contributed by atoms with Crippen molar-refractivity contribution < 1.29 is 4.79 Å². The van der Waals surface area contributed by atoms with Gasteiger partial charge in [0.15, 0.2) is 0 Å². The third-order valence-electron chi connectivity index (χ3n) is 2.41. The van der Waals surface area contributed by atoms with Crippen molar-refractivity contribution in [3.05, 3.63) is 41.7 Å². The summed E-state index contributed by atoms with van der Waals surface area (Å²) in [7, 11) is 0. The summed E-state index contributed by atoms with van der Waals surface area (Å²) in [6.45, 7) is 0.374. The van der Waals surface area contributed by atoms with Crippen molar-refractivity contribution in [1.29, 1.82) is 0 Å². The monoisotopic (exact) mass is 255 g/mol. The predicted octanol–water partition coefficient (Wildman–Crippen LogP) is 0.357. The molecule has 2 rings (SSSR count). The van der Waals surface area contributed by atoms with Gasteiger partial charge in [-0.05, 0) is 18.2 Å². The first-order chi connectivity index (χ1) is 9.21. The van der Waals surface area contributed by atoms with Gasteiger partial charge in [-0.1, -0.05) is 17.2 Å². The van der Waals surface area contributed by atoms with Gasteiger partial charge in [-0.3, -0.25) is 4.79 Å². The van der Waals surface area contributed by atoms with E-state index in [-0.39, 0.29) is 12.5 Å². The van der Waals surface area contributed by atoms with Gasteiger partial charge in [0.1, 0.15) is 6.54 Å². The van der Waals surface area contributed by atoms with Gasteiger partial charge >= 0.3 is 0 Å². The number of nitrogens with one attached hydrogen (secondary N) is 1. The molecule has 2 aromatic rings. The van der Waals surface area contributed by atoms with Gasteiger partial charge < -0.3 is 11.1 Å². The minimum atomic E-state index is -0.206. The Morgan fingerprint density at radius 1 is 1.53 bits per heavy atom. The van der Waals surface area contributed by atoms with Gasteiger partial charge in [0.05, 0.1) is 11.9 Å². The lowest BCUT2D eigenvalue weighted by molar-refractivity contribution is -0.116. The average Bonchev–Trinajstić information content (AvgIpc) is 2.86. The Balaban J connectivity index is 1.99. The molecule has 0 fully saturated rings. The van der Waals surface area contributed by atoms with Crippen LogP contribution < -0.4 is 11.1 Å². The Morgan fingerprint density at radius 3 is 3.05 bits per heavy atom. The van der Waals surface area contributed by atoms with Crippen molar-refractivity contribution in [2.45, 2.75) is 13.1 Å². The molecule has 96 valence electrons. The SMILES string of the molecule is C#Cc1cccc(NC(=O)Cn2cc(CN)nn2)c1. The molecule has 6 nitrogen and oxygen atoms in total. The molecule has 0 unspecified atom stereocenters. The molecule has 3 N–H and O–H groups in total. The van der Waals surface area contributed by atoms with Crippen LogP contribution in [0, 0.1) is 12.3 Å². The van der Waals surface area contributed by atoms with E-state index in [0.29, 0.717) is 23.5 Å². The first kappa shape index (κ1) is 12.8. The minimum absolute atomic E-state index is 0.0767. The highest BCUT2D eigenvalue weighted by atomic mass is 16.2. The fraction of sp³-hybridized carbons (Fsp3) is 0.154. The van der Waals surface area contributed by atoms with Crippen LogP contribution in [-0.2, 0) is 17.9 Å². The first-order valence-corrected chi connectivity index (χ1v) is 5.67. The molecule has 0 radical (unpaired) electrons. The number of carbonyl (C=O) groups is 1. The smallest absolute Gasteiger partial charge is 0.246 e. The van der Waals surface area contributed by atoms with Crippen LogP contribution in [-0.4, -0.2) is 20.9 Å². The Kier molecular flexibility index (Phi) is 3.90. The first-order valence-electron chi connectivity index (χ1n) is 5.67. The number of rotatable bonds is 4. The van der Waals surface area contributed by atoms with Crippen LogP contribution in [0.5, 0.6) is 0 Å². The van der Waals surface area contributed by atoms with Gasteiger partial charge in [-0.2, -0.15) is 0 Å². The van der Waals surface area contributed by atoms with E-state index in [2.05, 4.69) is 21.5 Å². The molecule has 0 aliphatic rings. The second-order valence-electron chi connectivity index (χ2n) is 3.88. The Morgan fingerprint density at radius 2 is 2.37 bits per heavy atom. The maximum atomic E-state index is 11.8. The maximum absolute atomic E-state index is 11.8. The molecule has 6 heteroatoms. The quantitative estimate of drug-likeness (QED) is 0.772. The number of terminal acetylenes is 1. The normalized spacial score (nSPS) is 9.89. The lowest BCUT2D eigenvalue weighted by Gasteiger charge is -2.05. The van der Waals surface area contributed by atoms with Gasteiger partial charge in [0, 0.05) is 17.8 Å². The van der Waals surface area contributed by atoms with E-state index >= 15 is 0 Å². The van der Waals surface area contributed by atoms with E-state index in [0.717, 1.165) is 0 Å². The highest BCUT2D eigenvalue weighted by molar-refractivity contribution is 5.90. The van der Waals surface area contributed by atoms with E-state index in [4.69, 9.17) is 12.2 Å². The highest BCUT2D eigenvalue weighted by Gasteiger charge is 2.06. The summed E-state index contributed by atoms with van der Waals surface area (Å²) in [5, 5.41) is 10.3. The molecular weight excluding hydrogens is 242 g/mol. The topological polar surface area (TPSA) is 85.8 Å². The molecule has 1 aromatic heterocycles. The van der Waals surface area contributed by atoms with Crippen LogP contribution in [0.3, 0.4) is 0 Å². The number of nitrogens with two attached hydrogens (primary N) is 1. The predicted molar refractivity (Wildman–Crippen MR) is 70.9 cm³/mol. The number of hydrogen-bond acceptors (Lipinski definition) is 4. The van der Waals surface area contributed by atoms with E-state index in [9.17, 15) is 4.79 Å². The van der Waals surface area contributed by atoms with E-state index < -0.39 is 0 Å². The molecule has 0 aliphatic carbocycles. The van der Waals surface area contributed by atoms with Crippen molar-refractivity contribution in [3.63, 3.8) is 0 Å². The summed E-state index contributed by atoms with van der Waals surface area (Å²) in [4.78, 5) is 11.8. The fourth-order valence-corrected chi connectivity index (χ4v) is 1.54. The minimum Gasteiger partial charge on any atom is -0.325 e. The van der Waals surface area contributed by atoms with Crippen LogP contribution in [0.25, 0.3) is 0 Å². The lowest BCUT2D eigenvalue weighted by Crippen LogP contribution is -2.19. The van der Waals surface area contributed by atoms with Gasteiger partial charge in [0.2, 0.25) is 5.91 Å². The average molecular weight is 255 g/mol. The molecule has 0 bridgehead atoms. The lowest BCUT2D eigenvalue weighted by atomic mass is 10.2. The zero-order valence-corrected chi connectivity index (χ0v) is 10.2. The number of benzene rings is 1. The number of amides is 1. The van der Waals surface area contributed by atoms with Crippen molar-refractivity contribution in [2.75, 3.05) is 5.32 Å². The number of carbonyl (C=O) groups excluding carboxylic acids is 1. The zero-order chi connectivity index (χ0) is 13.7. The summed E-state index contributed by atoms with van der Waals surface area (Å²) >= 11 is 0. The second kappa shape index (κ2) is 5.80. The Labute approximate surface area is 110 Å². The maximum Gasteiger partial charge on any atom is 0.246 e. The van der Waals surface area contributed by atoms with Crippen LogP contribution in [0.15, 0.2) is 30.5 Å². The summed E-state index contributed by atoms with van der Waals surface area (Å²) < 4.78 is 1.43. The fourth-order valence-electron chi connectivity index (χ4n) is 1.54. The Bertz CT molecular complexity index is 626. The van der Waals surface area contributed by atoms with Gasteiger partial charge in [0.25, 0.3) is 0 Å². The molecule has 1 heterocycles. The number of aromatic nitrogens is 3. The molecule has 0 atom stereocenters. The third kappa shape index (κ3) is 3.40. The third-order valence-corrected chi connectivity index (χ3v) is 2.41. The van der Waals surface area contributed by atoms with E-state index in [1.54, 1.807) is 30.5 Å². The molecule has 1 aromatic carbocycles. The second-order valence-corrected chi connectivity index (χ2v) is 3.88. The van der Waals surface area contributed by atoms with Crippen molar-refractivity contribution in [2.24, 2.45) is 5.73 Å². The van der Waals surface area contributed by atoms with Crippen LogP contribution >= 0.6 is 0 Å². The molecule has 0 saturated carbocycles. The summed E-state index contributed by atoms with van der Waals surface area (Å²) in [5.41, 5.74) is 7.42. The van der Waals surface area contributed by atoms with Crippen molar-refractivity contribution >= 4 is 11.6 Å². The van der Waals surface area contributed by atoms with Crippen LogP contribution in [0.1, 0.15) is 11.3 Å². The van der Waals surface area contributed by atoms with Crippen molar-refractivity contribution in [1.82, 2.24) is 15.0 Å². The van der Waals surface area contributed by atoms with Gasteiger partial charge in [-0.15, -0.1) is 11.5 Å².